The molecule has 0 saturated heterocycles. The summed E-state index contributed by atoms with van der Waals surface area (Å²) in [6, 6.07) is 3.51. The van der Waals surface area contributed by atoms with Gasteiger partial charge in [-0.2, -0.15) is 0 Å². The Bertz CT molecular complexity index is 575. The average Bonchev–Trinajstić information content (AvgIpc) is 3.10. The van der Waals surface area contributed by atoms with E-state index in [4.69, 9.17) is 0 Å². The lowest BCUT2D eigenvalue weighted by atomic mass is 10.4. The maximum Gasteiger partial charge on any atom is 0.296 e. The number of aromatic amines is 1. The molecule has 1 saturated carbocycles. The van der Waals surface area contributed by atoms with Crippen molar-refractivity contribution in [2.24, 2.45) is 0 Å². The molecule has 0 bridgehead atoms. The van der Waals surface area contributed by atoms with Crippen molar-refractivity contribution in [1.29, 1.82) is 0 Å². The maximum absolute atomic E-state index is 11.8. The third-order valence-corrected chi connectivity index (χ3v) is 3.11. The van der Waals surface area contributed by atoms with E-state index >= 15 is 0 Å². The van der Waals surface area contributed by atoms with Gasteiger partial charge in [-0.3, -0.25) is 9.89 Å². The summed E-state index contributed by atoms with van der Waals surface area (Å²) in [7, 11) is 0. The van der Waals surface area contributed by atoms with Crippen LogP contribution in [0.5, 0.6) is 0 Å². The molecule has 2 N–H and O–H groups in total. The summed E-state index contributed by atoms with van der Waals surface area (Å²) in [4.78, 5) is 20.1. The first-order valence-corrected chi connectivity index (χ1v) is 6.37. The molecule has 0 spiro atoms. The SMILES string of the molecule is O=C(Nc1ccc(Br)cn1)c1n[nH]c(C2CC2)n1. The molecule has 0 unspecified atom stereocenters. The monoisotopic (exact) mass is 307 g/mol. The van der Waals surface area contributed by atoms with Gasteiger partial charge in [0.25, 0.3) is 5.91 Å². The highest BCUT2D eigenvalue weighted by atomic mass is 79.9. The van der Waals surface area contributed by atoms with Gasteiger partial charge in [-0.05, 0) is 40.9 Å². The molecular weight excluding hydrogens is 298 g/mol. The van der Waals surface area contributed by atoms with Crippen molar-refractivity contribution in [3.05, 3.63) is 34.5 Å². The van der Waals surface area contributed by atoms with Crippen LogP contribution in [0.2, 0.25) is 0 Å². The molecule has 1 aliphatic rings. The van der Waals surface area contributed by atoms with Crippen molar-refractivity contribution in [2.75, 3.05) is 5.32 Å². The first-order chi connectivity index (χ1) is 8.72. The summed E-state index contributed by atoms with van der Waals surface area (Å²) < 4.78 is 0.856. The minimum Gasteiger partial charge on any atom is -0.304 e. The summed E-state index contributed by atoms with van der Waals surface area (Å²) in [6.07, 6.45) is 3.85. The number of H-pyrrole nitrogens is 1. The summed E-state index contributed by atoms with van der Waals surface area (Å²) in [5, 5.41) is 9.34. The number of nitrogens with zero attached hydrogens (tertiary/aromatic N) is 3. The zero-order chi connectivity index (χ0) is 12.5. The highest BCUT2D eigenvalue weighted by molar-refractivity contribution is 9.10. The molecule has 18 heavy (non-hydrogen) atoms. The van der Waals surface area contributed by atoms with E-state index in [9.17, 15) is 4.79 Å². The van der Waals surface area contributed by atoms with Crippen LogP contribution in [-0.2, 0) is 0 Å². The Balaban J connectivity index is 1.71. The van der Waals surface area contributed by atoms with Crippen LogP contribution in [0.25, 0.3) is 0 Å². The number of hydrogen-bond acceptors (Lipinski definition) is 4. The molecule has 1 fully saturated rings. The van der Waals surface area contributed by atoms with Gasteiger partial charge in [0.2, 0.25) is 5.82 Å². The van der Waals surface area contributed by atoms with Crippen LogP contribution in [0.4, 0.5) is 5.82 Å². The Morgan fingerprint density at radius 3 is 2.94 bits per heavy atom. The zero-order valence-corrected chi connectivity index (χ0v) is 10.9. The van der Waals surface area contributed by atoms with Gasteiger partial charge in [0, 0.05) is 16.6 Å². The largest absolute Gasteiger partial charge is 0.304 e. The Hall–Kier alpha value is -1.76. The van der Waals surface area contributed by atoms with E-state index in [2.05, 4.69) is 41.4 Å². The second-order valence-electron chi connectivity index (χ2n) is 4.13. The van der Waals surface area contributed by atoms with Gasteiger partial charge in [0.1, 0.15) is 11.6 Å². The number of rotatable bonds is 3. The van der Waals surface area contributed by atoms with Gasteiger partial charge in [0.15, 0.2) is 0 Å². The van der Waals surface area contributed by atoms with E-state index in [1.807, 2.05) is 0 Å². The number of anilines is 1. The van der Waals surface area contributed by atoms with Gasteiger partial charge in [0.05, 0.1) is 0 Å². The van der Waals surface area contributed by atoms with Crippen molar-refractivity contribution in [2.45, 2.75) is 18.8 Å². The smallest absolute Gasteiger partial charge is 0.296 e. The van der Waals surface area contributed by atoms with E-state index in [1.54, 1.807) is 18.3 Å². The predicted molar refractivity (Wildman–Crippen MR) is 68.2 cm³/mol. The average molecular weight is 308 g/mol. The minimum absolute atomic E-state index is 0.154. The standard InChI is InChI=1S/C11H10BrN5O/c12-7-3-4-8(13-5-7)14-11(18)10-15-9(16-17-10)6-1-2-6/h3-6H,1-2H2,(H,13,14,18)(H,15,16,17). The van der Waals surface area contributed by atoms with Crippen LogP contribution in [0.1, 0.15) is 35.2 Å². The van der Waals surface area contributed by atoms with Crippen LogP contribution >= 0.6 is 15.9 Å². The van der Waals surface area contributed by atoms with E-state index in [0.29, 0.717) is 11.7 Å². The van der Waals surface area contributed by atoms with Crippen molar-refractivity contribution in [1.82, 2.24) is 20.2 Å². The van der Waals surface area contributed by atoms with Gasteiger partial charge in [-0.1, -0.05) is 0 Å². The van der Waals surface area contributed by atoms with Crippen molar-refractivity contribution in [3.8, 4) is 0 Å². The fourth-order valence-electron chi connectivity index (χ4n) is 1.54. The molecule has 0 aromatic carbocycles. The van der Waals surface area contributed by atoms with Crippen LogP contribution in [0.15, 0.2) is 22.8 Å². The minimum atomic E-state index is -0.354. The summed E-state index contributed by atoms with van der Waals surface area (Å²) in [6.45, 7) is 0. The number of hydrogen-bond donors (Lipinski definition) is 2. The molecule has 92 valence electrons. The number of pyridine rings is 1. The molecule has 1 amide bonds. The number of amides is 1. The first kappa shape index (κ1) is 11.3. The highest BCUT2D eigenvalue weighted by Crippen LogP contribution is 2.37. The fraction of sp³-hybridized carbons (Fsp3) is 0.273. The van der Waals surface area contributed by atoms with E-state index < -0.39 is 0 Å². The van der Waals surface area contributed by atoms with Gasteiger partial charge in [-0.15, -0.1) is 5.10 Å². The number of carbonyl (C=O) groups is 1. The third kappa shape index (κ3) is 2.40. The van der Waals surface area contributed by atoms with Crippen molar-refractivity contribution in [3.63, 3.8) is 0 Å². The molecule has 2 aromatic rings. The molecule has 0 aliphatic heterocycles. The quantitative estimate of drug-likeness (QED) is 0.909. The molecule has 7 heteroatoms. The van der Waals surface area contributed by atoms with Crippen LogP contribution < -0.4 is 5.32 Å². The van der Waals surface area contributed by atoms with Gasteiger partial charge >= 0.3 is 0 Å². The summed E-state index contributed by atoms with van der Waals surface area (Å²) >= 11 is 3.28. The Morgan fingerprint density at radius 2 is 2.28 bits per heavy atom. The Labute approximate surface area is 111 Å². The Morgan fingerprint density at radius 1 is 1.44 bits per heavy atom. The second kappa shape index (κ2) is 4.49. The molecule has 3 rings (SSSR count). The lowest BCUT2D eigenvalue weighted by Crippen LogP contribution is -2.14. The van der Waals surface area contributed by atoms with E-state index in [0.717, 1.165) is 23.1 Å². The van der Waals surface area contributed by atoms with E-state index in [1.165, 1.54) is 0 Å². The molecule has 0 atom stereocenters. The maximum atomic E-state index is 11.8. The fourth-order valence-corrected chi connectivity index (χ4v) is 1.77. The second-order valence-corrected chi connectivity index (χ2v) is 5.05. The lowest BCUT2D eigenvalue weighted by Gasteiger charge is -2.00. The molecule has 6 nitrogen and oxygen atoms in total. The molecule has 1 aliphatic carbocycles. The molecule has 2 heterocycles. The molecular formula is C11H10BrN5O. The van der Waals surface area contributed by atoms with E-state index in [-0.39, 0.29) is 11.7 Å². The molecule has 2 aromatic heterocycles. The number of nitrogens with one attached hydrogen (secondary N) is 2. The zero-order valence-electron chi connectivity index (χ0n) is 9.35. The molecule has 0 radical (unpaired) electrons. The third-order valence-electron chi connectivity index (χ3n) is 2.64. The van der Waals surface area contributed by atoms with Crippen LogP contribution in [0.3, 0.4) is 0 Å². The first-order valence-electron chi connectivity index (χ1n) is 5.57. The number of aromatic nitrogens is 4. The summed E-state index contributed by atoms with van der Waals surface area (Å²) in [5.74, 6) is 1.52. The predicted octanol–water partition coefficient (Wildman–Crippen LogP) is 2.09. The van der Waals surface area contributed by atoms with Crippen LogP contribution in [0, 0.1) is 0 Å². The van der Waals surface area contributed by atoms with Crippen LogP contribution in [-0.4, -0.2) is 26.1 Å². The topological polar surface area (TPSA) is 83.6 Å². The van der Waals surface area contributed by atoms with Crippen molar-refractivity contribution >= 4 is 27.7 Å². The number of carbonyl (C=O) groups excluding carboxylic acids is 1. The van der Waals surface area contributed by atoms with Gasteiger partial charge < -0.3 is 5.32 Å². The number of halogens is 1. The van der Waals surface area contributed by atoms with Crippen molar-refractivity contribution < 1.29 is 4.79 Å². The normalized spacial score (nSPS) is 14.5. The highest BCUT2D eigenvalue weighted by Gasteiger charge is 2.28. The lowest BCUT2D eigenvalue weighted by molar-refractivity contribution is 0.101. The van der Waals surface area contributed by atoms with Gasteiger partial charge in [-0.25, -0.2) is 9.97 Å². The summed E-state index contributed by atoms with van der Waals surface area (Å²) in [5.41, 5.74) is 0. The Kier molecular flexibility index (Phi) is 2.83.